The first kappa shape index (κ1) is 12.4. The molecule has 5 nitrogen and oxygen atoms in total. The summed E-state index contributed by atoms with van der Waals surface area (Å²) in [6.45, 7) is 2.88. The summed E-state index contributed by atoms with van der Waals surface area (Å²) in [5, 5.41) is 0. The topological polar surface area (TPSA) is 72.1 Å². The van der Waals surface area contributed by atoms with Gasteiger partial charge in [0.25, 0.3) is 5.91 Å². The zero-order chi connectivity index (χ0) is 12.0. The van der Waals surface area contributed by atoms with Gasteiger partial charge in [-0.05, 0) is 6.42 Å². The second-order valence-corrected chi connectivity index (χ2v) is 3.76. The number of nitrogens with two attached hydrogens (primary N) is 1. The summed E-state index contributed by atoms with van der Waals surface area (Å²) < 4.78 is 0. The molecule has 1 amide bonds. The van der Waals surface area contributed by atoms with Crippen LogP contribution in [0.1, 0.15) is 36.7 Å². The van der Waals surface area contributed by atoms with E-state index < -0.39 is 0 Å². The van der Waals surface area contributed by atoms with E-state index in [1.54, 1.807) is 11.9 Å². The van der Waals surface area contributed by atoms with E-state index in [9.17, 15) is 4.79 Å². The van der Waals surface area contributed by atoms with Crippen molar-refractivity contribution in [2.24, 2.45) is 0 Å². The number of carbonyl (C=O) groups is 1. The van der Waals surface area contributed by atoms with Gasteiger partial charge in [-0.1, -0.05) is 19.8 Å². The van der Waals surface area contributed by atoms with Gasteiger partial charge in [0, 0.05) is 13.6 Å². The second-order valence-electron chi connectivity index (χ2n) is 3.76. The molecule has 1 aromatic rings. The van der Waals surface area contributed by atoms with Crippen LogP contribution >= 0.6 is 0 Å². The highest BCUT2D eigenvalue weighted by atomic mass is 16.2. The average Bonchev–Trinajstić information content (AvgIpc) is 2.29. The molecule has 0 aliphatic rings. The van der Waals surface area contributed by atoms with Crippen molar-refractivity contribution in [3.8, 4) is 0 Å². The lowest BCUT2D eigenvalue weighted by molar-refractivity contribution is 0.0786. The van der Waals surface area contributed by atoms with Crippen molar-refractivity contribution in [3.63, 3.8) is 0 Å². The maximum absolute atomic E-state index is 11.8. The van der Waals surface area contributed by atoms with Crippen molar-refractivity contribution < 1.29 is 4.79 Å². The van der Waals surface area contributed by atoms with Crippen molar-refractivity contribution in [3.05, 3.63) is 18.1 Å². The van der Waals surface area contributed by atoms with Gasteiger partial charge in [0.15, 0.2) is 0 Å². The first-order valence-corrected chi connectivity index (χ1v) is 5.48. The van der Waals surface area contributed by atoms with E-state index in [-0.39, 0.29) is 5.91 Å². The maximum Gasteiger partial charge on any atom is 0.273 e. The molecule has 0 saturated carbocycles. The Morgan fingerprint density at radius 1 is 1.38 bits per heavy atom. The van der Waals surface area contributed by atoms with Crippen molar-refractivity contribution in [1.29, 1.82) is 0 Å². The maximum atomic E-state index is 11.8. The van der Waals surface area contributed by atoms with Crippen molar-refractivity contribution in [2.45, 2.75) is 26.2 Å². The van der Waals surface area contributed by atoms with Crippen LogP contribution in [-0.4, -0.2) is 34.4 Å². The van der Waals surface area contributed by atoms with Gasteiger partial charge in [0.1, 0.15) is 11.5 Å². The molecule has 0 bridgehead atoms. The van der Waals surface area contributed by atoms with E-state index in [1.165, 1.54) is 12.4 Å². The monoisotopic (exact) mass is 222 g/mol. The molecule has 2 N–H and O–H groups in total. The molecule has 0 radical (unpaired) electrons. The Morgan fingerprint density at radius 2 is 2.12 bits per heavy atom. The lowest BCUT2D eigenvalue weighted by Crippen LogP contribution is -2.28. The average molecular weight is 222 g/mol. The summed E-state index contributed by atoms with van der Waals surface area (Å²) in [5.41, 5.74) is 5.74. The normalized spacial score (nSPS) is 10.1. The summed E-state index contributed by atoms with van der Waals surface area (Å²) in [6.07, 6.45) is 6.09. The molecule has 0 saturated heterocycles. The number of aromatic nitrogens is 2. The molecule has 0 aromatic carbocycles. The van der Waals surface area contributed by atoms with Gasteiger partial charge in [0.2, 0.25) is 0 Å². The van der Waals surface area contributed by atoms with Crippen LogP contribution in [0, 0.1) is 0 Å². The minimum absolute atomic E-state index is 0.108. The van der Waals surface area contributed by atoms with E-state index in [2.05, 4.69) is 16.9 Å². The number of amides is 1. The standard InChI is InChI=1S/C11H18N4O/c1-3-4-5-6-15(2)11(16)9-7-14-10(12)8-13-9/h7-8H,3-6H2,1-2H3,(H2,12,14). The van der Waals surface area contributed by atoms with Crippen molar-refractivity contribution in [2.75, 3.05) is 19.3 Å². The van der Waals surface area contributed by atoms with Gasteiger partial charge in [-0.15, -0.1) is 0 Å². The zero-order valence-electron chi connectivity index (χ0n) is 9.81. The highest BCUT2D eigenvalue weighted by Crippen LogP contribution is 2.03. The van der Waals surface area contributed by atoms with Gasteiger partial charge in [-0.3, -0.25) is 4.79 Å². The highest BCUT2D eigenvalue weighted by molar-refractivity contribution is 5.91. The molecule has 0 fully saturated rings. The molecule has 0 spiro atoms. The number of hydrogen-bond donors (Lipinski definition) is 1. The van der Waals surface area contributed by atoms with Gasteiger partial charge >= 0.3 is 0 Å². The Kier molecular flexibility index (Phi) is 4.69. The second kappa shape index (κ2) is 6.05. The quantitative estimate of drug-likeness (QED) is 0.763. The summed E-state index contributed by atoms with van der Waals surface area (Å²) in [4.78, 5) is 21.3. The van der Waals surface area contributed by atoms with E-state index in [0.717, 1.165) is 25.8 Å². The number of nitrogen functional groups attached to an aromatic ring is 1. The highest BCUT2D eigenvalue weighted by Gasteiger charge is 2.12. The van der Waals surface area contributed by atoms with Gasteiger partial charge < -0.3 is 10.6 Å². The number of anilines is 1. The molecule has 0 unspecified atom stereocenters. The smallest absolute Gasteiger partial charge is 0.273 e. The Balaban J connectivity index is 2.53. The van der Waals surface area contributed by atoms with Crippen LogP contribution in [0.2, 0.25) is 0 Å². The van der Waals surface area contributed by atoms with E-state index >= 15 is 0 Å². The van der Waals surface area contributed by atoms with Crippen LogP contribution in [0.5, 0.6) is 0 Å². The molecule has 88 valence electrons. The molecule has 0 aliphatic heterocycles. The molecule has 16 heavy (non-hydrogen) atoms. The van der Waals surface area contributed by atoms with Crippen LogP contribution in [0.3, 0.4) is 0 Å². The van der Waals surface area contributed by atoms with Gasteiger partial charge in [0.05, 0.1) is 12.4 Å². The third-order valence-corrected chi connectivity index (χ3v) is 2.33. The van der Waals surface area contributed by atoms with Crippen LogP contribution in [-0.2, 0) is 0 Å². The van der Waals surface area contributed by atoms with E-state index in [4.69, 9.17) is 5.73 Å². The Morgan fingerprint density at radius 3 is 2.69 bits per heavy atom. The molecule has 0 atom stereocenters. The molecular weight excluding hydrogens is 204 g/mol. The van der Waals surface area contributed by atoms with Crippen molar-refractivity contribution in [1.82, 2.24) is 14.9 Å². The number of carbonyl (C=O) groups excluding carboxylic acids is 1. The molecule has 1 heterocycles. The summed E-state index contributed by atoms with van der Waals surface area (Å²) in [5.74, 6) is 0.216. The molecule has 1 aromatic heterocycles. The van der Waals surface area contributed by atoms with Crippen LogP contribution < -0.4 is 5.73 Å². The Labute approximate surface area is 95.7 Å². The summed E-state index contributed by atoms with van der Waals surface area (Å²) >= 11 is 0. The minimum Gasteiger partial charge on any atom is -0.382 e. The third kappa shape index (κ3) is 3.49. The molecule has 5 heteroatoms. The lowest BCUT2D eigenvalue weighted by atomic mass is 10.2. The first-order chi connectivity index (χ1) is 7.65. The van der Waals surface area contributed by atoms with E-state index in [1.807, 2.05) is 0 Å². The van der Waals surface area contributed by atoms with Gasteiger partial charge in [-0.2, -0.15) is 0 Å². The number of rotatable bonds is 5. The van der Waals surface area contributed by atoms with Crippen LogP contribution in [0.25, 0.3) is 0 Å². The fourth-order valence-corrected chi connectivity index (χ4v) is 1.34. The molecule has 0 aliphatic carbocycles. The summed E-state index contributed by atoms with van der Waals surface area (Å²) in [6, 6.07) is 0. The number of unbranched alkanes of at least 4 members (excludes halogenated alkanes) is 2. The largest absolute Gasteiger partial charge is 0.382 e. The Bertz CT molecular complexity index is 336. The van der Waals surface area contributed by atoms with E-state index in [0.29, 0.717) is 11.5 Å². The van der Waals surface area contributed by atoms with Crippen molar-refractivity contribution >= 4 is 11.7 Å². The predicted octanol–water partition coefficient (Wildman–Crippen LogP) is 1.32. The number of nitrogens with zero attached hydrogens (tertiary/aromatic N) is 3. The minimum atomic E-state index is -0.108. The lowest BCUT2D eigenvalue weighted by Gasteiger charge is -2.15. The van der Waals surface area contributed by atoms with Gasteiger partial charge in [-0.25, -0.2) is 9.97 Å². The molecular formula is C11H18N4O. The van der Waals surface area contributed by atoms with Crippen LogP contribution in [0.4, 0.5) is 5.82 Å². The third-order valence-electron chi connectivity index (χ3n) is 2.33. The zero-order valence-corrected chi connectivity index (χ0v) is 9.81. The SMILES string of the molecule is CCCCCN(C)C(=O)c1cnc(N)cn1. The molecule has 1 rings (SSSR count). The fourth-order valence-electron chi connectivity index (χ4n) is 1.34. The first-order valence-electron chi connectivity index (χ1n) is 5.48. The summed E-state index contributed by atoms with van der Waals surface area (Å²) in [7, 11) is 1.77. The predicted molar refractivity (Wildman–Crippen MR) is 62.9 cm³/mol. The fraction of sp³-hybridized carbons (Fsp3) is 0.545. The number of hydrogen-bond acceptors (Lipinski definition) is 4. The van der Waals surface area contributed by atoms with Crippen LogP contribution in [0.15, 0.2) is 12.4 Å². The Hall–Kier alpha value is -1.65.